The summed E-state index contributed by atoms with van der Waals surface area (Å²) in [7, 11) is -3.33. The third-order valence-electron chi connectivity index (χ3n) is 1.88. The summed E-state index contributed by atoms with van der Waals surface area (Å²) < 4.78 is 24.1. The minimum atomic E-state index is -3.33. The van der Waals surface area contributed by atoms with E-state index in [4.69, 9.17) is 0 Å². The first-order valence-electron chi connectivity index (χ1n) is 4.39. The average Bonchev–Trinajstić information content (AvgIpc) is 2.15. The highest BCUT2D eigenvalue weighted by Gasteiger charge is 2.15. The Balaban J connectivity index is 2.91. The molecule has 0 heterocycles. The predicted octanol–water partition coefficient (Wildman–Crippen LogP) is 2.20. The smallest absolute Gasteiger partial charge is 0.178 e. The number of benzene rings is 1. The van der Waals surface area contributed by atoms with Crippen LogP contribution in [0.25, 0.3) is 0 Å². The molecule has 0 aliphatic rings. The van der Waals surface area contributed by atoms with Gasteiger partial charge in [0, 0.05) is 10.9 Å². The van der Waals surface area contributed by atoms with Crippen molar-refractivity contribution in [2.24, 2.45) is 0 Å². The Hall–Kier alpha value is -0.680. The number of carbonyl (C=O) groups is 1. The van der Waals surface area contributed by atoms with E-state index < -0.39 is 9.84 Å². The maximum atomic E-state index is 11.7. The van der Waals surface area contributed by atoms with Crippen molar-refractivity contribution in [3.05, 3.63) is 28.7 Å². The predicted molar refractivity (Wildman–Crippen MR) is 61.5 cm³/mol. The van der Waals surface area contributed by atoms with Gasteiger partial charge in [0.2, 0.25) is 0 Å². The quantitative estimate of drug-likeness (QED) is 0.854. The Morgan fingerprint density at radius 2 is 2.07 bits per heavy atom. The van der Waals surface area contributed by atoms with E-state index in [-0.39, 0.29) is 22.9 Å². The lowest BCUT2D eigenvalue weighted by Gasteiger charge is -2.03. The normalized spacial score (nSPS) is 11.3. The zero-order valence-corrected chi connectivity index (χ0v) is 10.6. The summed E-state index contributed by atoms with van der Waals surface area (Å²) in [5.74, 6) is -0.243. The third kappa shape index (κ3) is 3.76. The Morgan fingerprint density at radius 1 is 1.40 bits per heavy atom. The van der Waals surface area contributed by atoms with Gasteiger partial charge in [0.05, 0.1) is 10.6 Å². The van der Waals surface area contributed by atoms with Gasteiger partial charge in [-0.2, -0.15) is 0 Å². The van der Waals surface area contributed by atoms with Gasteiger partial charge in [0.15, 0.2) is 9.84 Å². The van der Waals surface area contributed by atoms with E-state index in [1.807, 2.05) is 0 Å². The van der Waals surface area contributed by atoms with Crippen LogP contribution in [0.1, 0.15) is 13.3 Å². The van der Waals surface area contributed by atoms with Gasteiger partial charge in [-0.25, -0.2) is 8.42 Å². The standard InChI is InChI=1S/C10H11BrO3S/c1-8(12)5-6-15(13,14)10-4-2-3-9(11)7-10/h2-4,7H,5-6H2,1H3. The SMILES string of the molecule is CC(=O)CCS(=O)(=O)c1cccc(Br)c1. The molecule has 5 heteroatoms. The van der Waals surface area contributed by atoms with Crippen LogP contribution in [0.5, 0.6) is 0 Å². The first kappa shape index (κ1) is 12.4. The molecule has 0 aliphatic heterocycles. The molecule has 15 heavy (non-hydrogen) atoms. The maximum Gasteiger partial charge on any atom is 0.178 e. The van der Waals surface area contributed by atoms with Gasteiger partial charge < -0.3 is 0 Å². The molecule has 0 aliphatic carbocycles. The molecular formula is C10H11BrO3S. The zero-order valence-electron chi connectivity index (χ0n) is 8.23. The number of hydrogen-bond donors (Lipinski definition) is 0. The molecule has 0 atom stereocenters. The Labute approximate surface area is 97.5 Å². The molecule has 0 unspecified atom stereocenters. The molecule has 0 aromatic heterocycles. The molecule has 0 radical (unpaired) electrons. The van der Waals surface area contributed by atoms with Gasteiger partial charge in [-0.15, -0.1) is 0 Å². The summed E-state index contributed by atoms with van der Waals surface area (Å²) in [5.41, 5.74) is 0. The van der Waals surface area contributed by atoms with Crippen molar-refractivity contribution in [2.45, 2.75) is 18.2 Å². The molecule has 0 N–H and O–H groups in total. The summed E-state index contributed by atoms with van der Waals surface area (Å²) in [5, 5.41) is 0. The van der Waals surface area contributed by atoms with Crippen molar-refractivity contribution in [2.75, 3.05) is 5.75 Å². The van der Waals surface area contributed by atoms with Crippen molar-refractivity contribution in [1.82, 2.24) is 0 Å². The van der Waals surface area contributed by atoms with Crippen molar-refractivity contribution >= 4 is 31.6 Å². The summed E-state index contributed by atoms with van der Waals surface area (Å²) in [6.07, 6.45) is 0.0643. The number of carbonyl (C=O) groups excluding carboxylic acids is 1. The summed E-state index contributed by atoms with van der Waals surface area (Å²) in [6, 6.07) is 6.48. The van der Waals surface area contributed by atoms with Crippen LogP contribution in [0.2, 0.25) is 0 Å². The van der Waals surface area contributed by atoms with E-state index >= 15 is 0 Å². The molecule has 1 aromatic rings. The number of Topliss-reactive ketones (excluding diaryl/α,β-unsaturated/α-hetero) is 1. The minimum Gasteiger partial charge on any atom is -0.300 e. The zero-order chi connectivity index (χ0) is 11.5. The van der Waals surface area contributed by atoms with Crippen LogP contribution in [-0.2, 0) is 14.6 Å². The van der Waals surface area contributed by atoms with Gasteiger partial charge in [-0.1, -0.05) is 22.0 Å². The molecule has 0 bridgehead atoms. The lowest BCUT2D eigenvalue weighted by atomic mass is 10.4. The van der Waals surface area contributed by atoms with Gasteiger partial charge in [-0.05, 0) is 25.1 Å². The lowest BCUT2D eigenvalue weighted by molar-refractivity contribution is -0.116. The summed E-state index contributed by atoms with van der Waals surface area (Å²) >= 11 is 3.20. The maximum absolute atomic E-state index is 11.7. The highest BCUT2D eigenvalue weighted by Crippen LogP contribution is 2.17. The number of ketones is 1. The van der Waals surface area contributed by atoms with Crippen LogP contribution in [0, 0.1) is 0 Å². The topological polar surface area (TPSA) is 51.2 Å². The molecule has 1 aromatic carbocycles. The second-order valence-electron chi connectivity index (χ2n) is 3.23. The first-order chi connectivity index (χ1) is 6.92. The fourth-order valence-corrected chi connectivity index (χ4v) is 2.99. The summed E-state index contributed by atoms with van der Waals surface area (Å²) in [4.78, 5) is 11.0. The van der Waals surface area contributed by atoms with Crippen molar-refractivity contribution in [3.63, 3.8) is 0 Å². The molecular weight excluding hydrogens is 280 g/mol. The summed E-state index contributed by atoms with van der Waals surface area (Å²) in [6.45, 7) is 1.39. The van der Waals surface area contributed by atoms with Crippen LogP contribution in [0.15, 0.2) is 33.6 Å². The van der Waals surface area contributed by atoms with Crippen molar-refractivity contribution < 1.29 is 13.2 Å². The van der Waals surface area contributed by atoms with E-state index in [2.05, 4.69) is 15.9 Å². The van der Waals surface area contributed by atoms with E-state index in [0.717, 1.165) is 0 Å². The van der Waals surface area contributed by atoms with E-state index in [0.29, 0.717) is 4.47 Å². The Kier molecular flexibility index (Phi) is 4.04. The van der Waals surface area contributed by atoms with E-state index in [9.17, 15) is 13.2 Å². The minimum absolute atomic E-state index is 0.0643. The van der Waals surface area contributed by atoms with E-state index in [1.54, 1.807) is 12.1 Å². The van der Waals surface area contributed by atoms with Crippen LogP contribution < -0.4 is 0 Å². The van der Waals surface area contributed by atoms with Gasteiger partial charge in [-0.3, -0.25) is 4.79 Å². The molecule has 0 spiro atoms. The van der Waals surface area contributed by atoms with Crippen LogP contribution >= 0.6 is 15.9 Å². The second kappa shape index (κ2) is 4.90. The molecule has 82 valence electrons. The third-order valence-corrected chi connectivity index (χ3v) is 4.09. The molecule has 0 saturated heterocycles. The van der Waals surface area contributed by atoms with Crippen molar-refractivity contribution in [3.8, 4) is 0 Å². The monoisotopic (exact) mass is 290 g/mol. The van der Waals surface area contributed by atoms with Crippen molar-refractivity contribution in [1.29, 1.82) is 0 Å². The molecule has 0 fully saturated rings. The first-order valence-corrected chi connectivity index (χ1v) is 6.84. The molecule has 0 saturated carbocycles. The molecule has 3 nitrogen and oxygen atoms in total. The lowest BCUT2D eigenvalue weighted by Crippen LogP contribution is -2.09. The number of hydrogen-bond acceptors (Lipinski definition) is 3. The molecule has 1 rings (SSSR count). The van der Waals surface area contributed by atoms with Crippen LogP contribution in [0.3, 0.4) is 0 Å². The average molecular weight is 291 g/mol. The second-order valence-corrected chi connectivity index (χ2v) is 6.25. The number of rotatable bonds is 4. The Morgan fingerprint density at radius 3 is 2.60 bits per heavy atom. The Bertz CT molecular complexity index is 465. The fraction of sp³-hybridized carbons (Fsp3) is 0.300. The number of halogens is 1. The van der Waals surface area contributed by atoms with Crippen LogP contribution in [-0.4, -0.2) is 20.0 Å². The largest absolute Gasteiger partial charge is 0.300 e. The van der Waals surface area contributed by atoms with Gasteiger partial charge in [0.1, 0.15) is 5.78 Å². The van der Waals surface area contributed by atoms with Crippen LogP contribution in [0.4, 0.5) is 0 Å². The van der Waals surface area contributed by atoms with Gasteiger partial charge in [0.25, 0.3) is 0 Å². The number of sulfone groups is 1. The van der Waals surface area contributed by atoms with E-state index in [1.165, 1.54) is 19.1 Å². The van der Waals surface area contributed by atoms with Gasteiger partial charge >= 0.3 is 0 Å². The fourth-order valence-electron chi connectivity index (χ4n) is 1.06. The highest BCUT2D eigenvalue weighted by molar-refractivity contribution is 9.10. The highest BCUT2D eigenvalue weighted by atomic mass is 79.9. The molecule has 0 amide bonds.